The van der Waals surface area contributed by atoms with E-state index in [1.807, 2.05) is 0 Å². The van der Waals surface area contributed by atoms with Crippen LogP contribution in [-0.2, 0) is 4.74 Å². The first-order valence-electron chi connectivity index (χ1n) is 6.99. The van der Waals surface area contributed by atoms with Crippen molar-refractivity contribution in [2.24, 2.45) is 0 Å². The maximum absolute atomic E-state index is 12.4. The van der Waals surface area contributed by atoms with Gasteiger partial charge in [-0.05, 0) is 37.3 Å². The number of fused-ring (bicyclic) bond motifs is 1. The van der Waals surface area contributed by atoms with Gasteiger partial charge in [-0.25, -0.2) is 4.79 Å². The van der Waals surface area contributed by atoms with Gasteiger partial charge in [0.15, 0.2) is 0 Å². The van der Waals surface area contributed by atoms with Crippen molar-refractivity contribution in [3.8, 4) is 0 Å². The Kier molecular flexibility index (Phi) is 4.29. The zero-order valence-electron chi connectivity index (χ0n) is 12.3. The molecule has 0 unspecified atom stereocenters. The number of benzene rings is 2. The lowest BCUT2D eigenvalue weighted by Gasteiger charge is -2.10. The normalized spacial score (nSPS) is 10.5. The Hall–Kier alpha value is -2.80. The smallest absolute Gasteiger partial charge is 0.340 e. The van der Waals surface area contributed by atoms with Gasteiger partial charge in [-0.15, -0.1) is 0 Å². The molecule has 6 nitrogen and oxygen atoms in total. The molecule has 0 spiro atoms. The Balaban J connectivity index is 1.86. The first-order chi connectivity index (χ1) is 11.2. The van der Waals surface area contributed by atoms with E-state index in [9.17, 15) is 9.59 Å². The second-order valence-corrected chi connectivity index (χ2v) is 5.22. The van der Waals surface area contributed by atoms with E-state index in [0.717, 1.165) is 17.2 Å². The van der Waals surface area contributed by atoms with Crippen molar-refractivity contribution in [3.05, 3.63) is 53.6 Å². The van der Waals surface area contributed by atoms with E-state index in [1.54, 1.807) is 49.4 Å². The molecule has 3 aromatic rings. The van der Waals surface area contributed by atoms with Crippen LogP contribution in [0.2, 0.25) is 0 Å². The zero-order valence-corrected chi connectivity index (χ0v) is 13.1. The number of rotatable bonds is 4. The van der Waals surface area contributed by atoms with Gasteiger partial charge in [0.05, 0.1) is 29.6 Å². The number of carbonyl (C=O) groups excluding carboxylic acids is 2. The van der Waals surface area contributed by atoms with Gasteiger partial charge in [0.2, 0.25) is 0 Å². The fourth-order valence-corrected chi connectivity index (χ4v) is 2.61. The molecule has 0 bridgehead atoms. The van der Waals surface area contributed by atoms with E-state index in [-0.39, 0.29) is 12.5 Å². The van der Waals surface area contributed by atoms with Crippen LogP contribution in [0.25, 0.3) is 11.0 Å². The summed E-state index contributed by atoms with van der Waals surface area (Å²) in [6, 6.07) is 11.8. The van der Waals surface area contributed by atoms with E-state index in [1.165, 1.54) is 0 Å². The van der Waals surface area contributed by atoms with E-state index in [2.05, 4.69) is 14.1 Å². The number of hydrogen-bond donors (Lipinski definition) is 1. The van der Waals surface area contributed by atoms with Gasteiger partial charge in [-0.3, -0.25) is 4.79 Å². The topological polar surface area (TPSA) is 81.2 Å². The Morgan fingerprint density at radius 3 is 2.74 bits per heavy atom. The van der Waals surface area contributed by atoms with E-state index < -0.39 is 5.97 Å². The molecule has 0 aliphatic heterocycles. The number of para-hydroxylation sites is 1. The van der Waals surface area contributed by atoms with Crippen LogP contribution in [0, 0.1) is 0 Å². The van der Waals surface area contributed by atoms with E-state index >= 15 is 0 Å². The highest BCUT2D eigenvalue weighted by Crippen LogP contribution is 2.19. The molecular formula is C16H13N3O3S. The number of anilines is 1. The molecule has 0 saturated carbocycles. The predicted molar refractivity (Wildman–Crippen MR) is 87.8 cm³/mol. The van der Waals surface area contributed by atoms with Crippen LogP contribution < -0.4 is 5.32 Å². The summed E-state index contributed by atoms with van der Waals surface area (Å²) in [5.74, 6) is -0.792. The Bertz CT molecular complexity index is 876. The van der Waals surface area contributed by atoms with Crippen LogP contribution in [0.1, 0.15) is 27.6 Å². The standard InChI is InChI=1S/C16H13N3O3S/c1-2-22-16(21)11-5-3-4-6-12(11)17-15(20)10-7-8-13-14(9-10)19-23-18-13/h3-9H,2H2,1H3,(H,17,20). The van der Waals surface area contributed by atoms with Crippen LogP contribution >= 0.6 is 11.7 Å². The molecule has 3 rings (SSSR count). The van der Waals surface area contributed by atoms with Gasteiger partial charge in [0.25, 0.3) is 5.91 Å². The quantitative estimate of drug-likeness (QED) is 0.745. The maximum Gasteiger partial charge on any atom is 0.340 e. The zero-order chi connectivity index (χ0) is 16.2. The SMILES string of the molecule is CCOC(=O)c1ccccc1NC(=O)c1ccc2nsnc2c1. The molecule has 0 aliphatic carbocycles. The van der Waals surface area contributed by atoms with Crippen LogP contribution in [0.3, 0.4) is 0 Å². The number of carbonyl (C=O) groups is 2. The molecule has 2 aromatic carbocycles. The molecule has 1 aromatic heterocycles. The molecule has 0 fully saturated rings. The Morgan fingerprint density at radius 2 is 1.91 bits per heavy atom. The lowest BCUT2D eigenvalue weighted by Crippen LogP contribution is -2.15. The molecule has 1 amide bonds. The molecule has 7 heteroatoms. The van der Waals surface area contributed by atoms with Crippen LogP contribution in [-0.4, -0.2) is 27.2 Å². The van der Waals surface area contributed by atoms with E-state index in [4.69, 9.17) is 4.74 Å². The Morgan fingerprint density at radius 1 is 1.13 bits per heavy atom. The number of hydrogen-bond acceptors (Lipinski definition) is 6. The summed E-state index contributed by atoms with van der Waals surface area (Å²) in [6.45, 7) is 2.00. The lowest BCUT2D eigenvalue weighted by atomic mass is 10.1. The average Bonchev–Trinajstić information content (AvgIpc) is 3.03. The van der Waals surface area contributed by atoms with Crippen molar-refractivity contribution in [3.63, 3.8) is 0 Å². The summed E-state index contributed by atoms with van der Waals surface area (Å²) in [7, 11) is 0. The molecule has 0 atom stereocenters. The van der Waals surface area contributed by atoms with Crippen molar-refractivity contribution in [1.29, 1.82) is 0 Å². The molecule has 0 radical (unpaired) electrons. The van der Waals surface area contributed by atoms with Crippen LogP contribution in [0.5, 0.6) is 0 Å². The van der Waals surface area contributed by atoms with Gasteiger partial charge in [0.1, 0.15) is 11.0 Å². The highest BCUT2D eigenvalue weighted by atomic mass is 32.1. The third-order valence-corrected chi connectivity index (χ3v) is 3.74. The molecule has 116 valence electrons. The van der Waals surface area contributed by atoms with Crippen LogP contribution in [0.15, 0.2) is 42.5 Å². The lowest BCUT2D eigenvalue weighted by molar-refractivity contribution is 0.0527. The average molecular weight is 327 g/mol. The van der Waals surface area contributed by atoms with Crippen molar-refractivity contribution in [2.45, 2.75) is 6.92 Å². The number of aromatic nitrogens is 2. The second-order valence-electron chi connectivity index (χ2n) is 4.69. The summed E-state index contributed by atoms with van der Waals surface area (Å²) in [5, 5.41) is 2.74. The maximum atomic E-state index is 12.4. The molecular weight excluding hydrogens is 314 g/mol. The van der Waals surface area contributed by atoms with Gasteiger partial charge < -0.3 is 10.1 Å². The fourth-order valence-electron chi connectivity index (χ4n) is 2.10. The van der Waals surface area contributed by atoms with Gasteiger partial charge in [-0.2, -0.15) is 8.75 Å². The summed E-state index contributed by atoms with van der Waals surface area (Å²) < 4.78 is 13.2. The Labute approximate surface area is 136 Å². The monoisotopic (exact) mass is 327 g/mol. The van der Waals surface area contributed by atoms with Crippen molar-refractivity contribution in [2.75, 3.05) is 11.9 Å². The number of nitrogens with zero attached hydrogens (tertiary/aromatic N) is 2. The highest BCUT2D eigenvalue weighted by molar-refractivity contribution is 7.00. The summed E-state index contributed by atoms with van der Waals surface area (Å²) in [4.78, 5) is 24.3. The summed E-state index contributed by atoms with van der Waals surface area (Å²) in [6.07, 6.45) is 0. The van der Waals surface area contributed by atoms with E-state index in [0.29, 0.717) is 22.3 Å². The van der Waals surface area contributed by atoms with Gasteiger partial charge in [-0.1, -0.05) is 12.1 Å². The molecule has 0 saturated heterocycles. The number of esters is 1. The molecule has 1 N–H and O–H groups in total. The van der Waals surface area contributed by atoms with Crippen molar-refractivity contribution < 1.29 is 14.3 Å². The molecule has 0 aliphatic rings. The van der Waals surface area contributed by atoms with Crippen molar-refractivity contribution in [1.82, 2.24) is 8.75 Å². The molecule has 23 heavy (non-hydrogen) atoms. The number of nitrogens with one attached hydrogen (secondary N) is 1. The van der Waals surface area contributed by atoms with Crippen LogP contribution in [0.4, 0.5) is 5.69 Å². The first kappa shape index (κ1) is 15.1. The van der Waals surface area contributed by atoms with Crippen molar-refractivity contribution >= 4 is 40.3 Å². The number of amides is 1. The van der Waals surface area contributed by atoms with Gasteiger partial charge >= 0.3 is 5.97 Å². The summed E-state index contributed by atoms with van der Waals surface area (Å²) in [5.41, 5.74) is 2.59. The first-order valence-corrected chi connectivity index (χ1v) is 7.72. The minimum atomic E-state index is -0.470. The largest absolute Gasteiger partial charge is 0.462 e. The highest BCUT2D eigenvalue weighted by Gasteiger charge is 2.15. The number of ether oxygens (including phenoxy) is 1. The molecule has 1 heterocycles. The third-order valence-electron chi connectivity index (χ3n) is 3.19. The summed E-state index contributed by atoms with van der Waals surface area (Å²) >= 11 is 1.10. The second kappa shape index (κ2) is 6.53. The van der Waals surface area contributed by atoms with Gasteiger partial charge in [0, 0.05) is 5.56 Å². The third kappa shape index (κ3) is 3.19. The minimum Gasteiger partial charge on any atom is -0.462 e. The minimum absolute atomic E-state index is 0.272. The predicted octanol–water partition coefficient (Wildman–Crippen LogP) is 3.12. The fraction of sp³-hybridized carbons (Fsp3) is 0.125.